The highest BCUT2D eigenvalue weighted by Gasteiger charge is 2.27. The average Bonchev–Trinajstić information content (AvgIpc) is 3.61. The molecule has 6 rings (SSSR count). The molecular formula is C29H32N8O2. The molecule has 1 aliphatic rings. The summed E-state index contributed by atoms with van der Waals surface area (Å²) in [5, 5.41) is 11.7. The van der Waals surface area contributed by atoms with Crippen LogP contribution < -0.4 is 5.32 Å². The van der Waals surface area contributed by atoms with Crippen molar-refractivity contribution in [1.82, 2.24) is 40.2 Å². The van der Waals surface area contributed by atoms with Gasteiger partial charge in [-0.05, 0) is 55.0 Å². The first kappa shape index (κ1) is 25.0. The smallest absolute Gasteiger partial charge is 0.315 e. The molecule has 4 aromatic heterocycles. The third-order valence-corrected chi connectivity index (χ3v) is 7.36. The summed E-state index contributed by atoms with van der Waals surface area (Å²) in [6, 6.07) is 10.3. The zero-order chi connectivity index (χ0) is 27.3. The van der Waals surface area contributed by atoms with E-state index in [2.05, 4.69) is 48.7 Å². The summed E-state index contributed by atoms with van der Waals surface area (Å²) in [5.74, 6) is 0.870. The predicted molar refractivity (Wildman–Crippen MR) is 147 cm³/mol. The molecule has 2 N–H and O–H groups in total. The minimum Gasteiger partial charge on any atom is -0.341 e. The van der Waals surface area contributed by atoms with Gasteiger partial charge in [0.1, 0.15) is 5.69 Å². The van der Waals surface area contributed by atoms with Crippen LogP contribution in [0, 0.1) is 6.92 Å². The van der Waals surface area contributed by atoms with Gasteiger partial charge in [-0.1, -0.05) is 50.5 Å². The van der Waals surface area contributed by atoms with Crippen molar-refractivity contribution < 1.29 is 9.32 Å². The number of H-pyrrole nitrogens is 1. The number of aromatic nitrogens is 7. The fraction of sp³-hybridized carbons (Fsp3) is 0.379. The van der Waals surface area contributed by atoms with Gasteiger partial charge in [0.05, 0.1) is 11.6 Å². The van der Waals surface area contributed by atoms with E-state index in [0.717, 1.165) is 59.3 Å². The van der Waals surface area contributed by atoms with Crippen molar-refractivity contribution in [1.29, 1.82) is 0 Å². The Balaban J connectivity index is 1.31. The normalized spacial score (nSPS) is 15.8. The number of hydrogen-bond acceptors (Lipinski definition) is 7. The maximum atomic E-state index is 13.0. The standard InChI is InChI=1S/C29H32N8O2/c1-16-14-22(35-37(16)5)24-32-23-20(12-13-30-25(23)33-24)18-10-11-19-17(15-18)8-6-7-9-21(19)31-26(38)27-34-28(36-39-27)29(2,3)4/h10-15,21H,6-9H2,1-5H3,(H,31,38)(H,30,32,33). The zero-order valence-electron chi connectivity index (χ0n) is 22.9. The van der Waals surface area contributed by atoms with Crippen LogP contribution >= 0.6 is 0 Å². The third kappa shape index (κ3) is 4.71. The molecule has 1 aliphatic carbocycles. The fourth-order valence-electron chi connectivity index (χ4n) is 5.09. The number of carbonyl (C=O) groups is 1. The van der Waals surface area contributed by atoms with Crippen LogP contribution in [0.25, 0.3) is 33.8 Å². The lowest BCUT2D eigenvalue weighted by Crippen LogP contribution is -2.29. The largest absolute Gasteiger partial charge is 0.341 e. The first-order valence-corrected chi connectivity index (χ1v) is 13.3. The van der Waals surface area contributed by atoms with Crippen molar-refractivity contribution in [2.45, 2.75) is 64.8 Å². The first-order chi connectivity index (χ1) is 18.7. The second-order valence-corrected chi connectivity index (χ2v) is 11.3. The van der Waals surface area contributed by atoms with E-state index in [4.69, 9.17) is 9.51 Å². The summed E-state index contributed by atoms with van der Waals surface area (Å²) < 4.78 is 7.11. The molecule has 0 spiro atoms. The number of imidazole rings is 1. The molecule has 0 aliphatic heterocycles. The Hall–Kier alpha value is -4.34. The number of nitrogens with zero attached hydrogens (tertiary/aromatic N) is 6. The van der Waals surface area contributed by atoms with Crippen molar-refractivity contribution in [3.05, 3.63) is 65.1 Å². The van der Waals surface area contributed by atoms with Crippen molar-refractivity contribution in [3.63, 3.8) is 0 Å². The predicted octanol–water partition coefficient (Wildman–Crippen LogP) is 5.21. The second-order valence-electron chi connectivity index (χ2n) is 11.3. The molecular weight excluding hydrogens is 492 g/mol. The van der Waals surface area contributed by atoms with Gasteiger partial charge in [0.15, 0.2) is 17.3 Å². The maximum absolute atomic E-state index is 13.0. The maximum Gasteiger partial charge on any atom is 0.315 e. The third-order valence-electron chi connectivity index (χ3n) is 7.36. The summed E-state index contributed by atoms with van der Waals surface area (Å²) in [5.41, 5.74) is 7.53. The highest BCUT2D eigenvalue weighted by Crippen LogP contribution is 2.34. The Bertz CT molecular complexity index is 1670. The molecule has 39 heavy (non-hydrogen) atoms. The van der Waals surface area contributed by atoms with Gasteiger partial charge >= 0.3 is 11.8 Å². The molecule has 4 heterocycles. The SMILES string of the molecule is Cc1cc(-c2nc3nccc(-c4ccc5c(c4)CCCCC5NC(=O)c4nc(C(C)(C)C)no4)c3[nH]2)nn1C. The van der Waals surface area contributed by atoms with E-state index in [9.17, 15) is 4.79 Å². The number of pyridine rings is 1. The average molecular weight is 525 g/mol. The topological polar surface area (TPSA) is 127 Å². The monoisotopic (exact) mass is 524 g/mol. The van der Waals surface area contributed by atoms with Crippen molar-refractivity contribution in [2.75, 3.05) is 0 Å². The minimum atomic E-state index is -0.342. The van der Waals surface area contributed by atoms with Gasteiger partial charge < -0.3 is 14.8 Å². The lowest BCUT2D eigenvalue weighted by atomic mass is 9.94. The molecule has 0 radical (unpaired) electrons. The van der Waals surface area contributed by atoms with Crippen LogP contribution in [0.2, 0.25) is 0 Å². The molecule has 1 unspecified atom stereocenters. The summed E-state index contributed by atoms with van der Waals surface area (Å²) in [6.07, 6.45) is 5.65. The van der Waals surface area contributed by atoms with E-state index in [1.807, 2.05) is 51.6 Å². The van der Waals surface area contributed by atoms with Crippen LogP contribution in [-0.2, 0) is 18.9 Å². The number of benzene rings is 1. The van der Waals surface area contributed by atoms with Crippen LogP contribution in [0.5, 0.6) is 0 Å². The van der Waals surface area contributed by atoms with Crippen molar-refractivity contribution in [3.8, 4) is 22.6 Å². The van der Waals surface area contributed by atoms with Gasteiger partial charge in [0, 0.05) is 29.9 Å². The van der Waals surface area contributed by atoms with E-state index < -0.39 is 0 Å². The summed E-state index contributed by atoms with van der Waals surface area (Å²) >= 11 is 0. The molecule has 0 bridgehead atoms. The Labute approximate surface area is 226 Å². The molecule has 10 nitrogen and oxygen atoms in total. The lowest BCUT2D eigenvalue weighted by molar-refractivity contribution is 0.0890. The fourth-order valence-corrected chi connectivity index (χ4v) is 5.09. The highest BCUT2D eigenvalue weighted by molar-refractivity contribution is 5.92. The molecule has 1 atom stereocenters. The Morgan fingerprint density at radius 1 is 1.15 bits per heavy atom. The minimum absolute atomic E-state index is 0.000307. The number of aryl methyl sites for hydroxylation is 3. The van der Waals surface area contributed by atoms with Gasteiger partial charge in [-0.2, -0.15) is 10.1 Å². The van der Waals surface area contributed by atoms with E-state index in [1.54, 1.807) is 6.20 Å². The first-order valence-electron chi connectivity index (χ1n) is 13.3. The number of nitrogens with one attached hydrogen (secondary N) is 2. The van der Waals surface area contributed by atoms with Gasteiger partial charge in [0.2, 0.25) is 0 Å². The Morgan fingerprint density at radius 2 is 2.00 bits per heavy atom. The van der Waals surface area contributed by atoms with Gasteiger partial charge in [0.25, 0.3) is 0 Å². The molecule has 0 saturated carbocycles. The van der Waals surface area contributed by atoms with Crippen LogP contribution in [0.15, 0.2) is 41.1 Å². The zero-order valence-corrected chi connectivity index (χ0v) is 22.9. The Kier molecular flexibility index (Phi) is 6.05. The van der Waals surface area contributed by atoms with Crippen molar-refractivity contribution in [2.24, 2.45) is 7.05 Å². The Morgan fingerprint density at radius 3 is 2.74 bits per heavy atom. The molecule has 0 fully saturated rings. The highest BCUT2D eigenvalue weighted by atomic mass is 16.5. The number of carbonyl (C=O) groups excluding carboxylic acids is 1. The van der Waals surface area contributed by atoms with Crippen molar-refractivity contribution >= 4 is 17.1 Å². The summed E-state index contributed by atoms with van der Waals surface area (Å²) in [4.78, 5) is 30.0. The number of hydrogen-bond donors (Lipinski definition) is 2. The number of amides is 1. The lowest BCUT2D eigenvalue weighted by Gasteiger charge is -2.19. The summed E-state index contributed by atoms with van der Waals surface area (Å²) in [7, 11) is 1.92. The molecule has 1 aromatic carbocycles. The summed E-state index contributed by atoms with van der Waals surface area (Å²) in [6.45, 7) is 7.97. The van der Waals surface area contributed by atoms with Gasteiger partial charge in [-0.3, -0.25) is 9.48 Å². The van der Waals surface area contributed by atoms with Gasteiger partial charge in [-0.25, -0.2) is 9.97 Å². The molecule has 5 aromatic rings. The van der Waals surface area contributed by atoms with Crippen LogP contribution in [0.3, 0.4) is 0 Å². The number of fused-ring (bicyclic) bond motifs is 2. The van der Waals surface area contributed by atoms with E-state index in [-0.39, 0.29) is 23.3 Å². The van der Waals surface area contributed by atoms with E-state index >= 15 is 0 Å². The second kappa shape index (κ2) is 9.44. The number of rotatable bonds is 4. The van der Waals surface area contributed by atoms with Crippen LogP contribution in [0.1, 0.15) is 79.4 Å². The molecule has 10 heteroatoms. The molecule has 0 saturated heterocycles. The molecule has 1 amide bonds. The van der Waals surface area contributed by atoms with Gasteiger partial charge in [-0.15, -0.1) is 0 Å². The van der Waals surface area contributed by atoms with E-state index in [0.29, 0.717) is 17.3 Å². The quantitative estimate of drug-likeness (QED) is 0.309. The molecule has 200 valence electrons. The number of aromatic amines is 1. The van der Waals surface area contributed by atoms with Crippen LogP contribution in [-0.4, -0.2) is 40.8 Å². The van der Waals surface area contributed by atoms with E-state index in [1.165, 1.54) is 5.56 Å². The van der Waals surface area contributed by atoms with Crippen LogP contribution in [0.4, 0.5) is 0 Å².